The van der Waals surface area contributed by atoms with E-state index in [4.69, 9.17) is 4.74 Å². The van der Waals surface area contributed by atoms with Gasteiger partial charge >= 0.3 is 98.9 Å². The molecule has 86 valence electrons. The van der Waals surface area contributed by atoms with Crippen molar-refractivity contribution in [2.45, 2.75) is 51.9 Å². The van der Waals surface area contributed by atoms with Crippen LogP contribution in [0.5, 0.6) is 5.64 Å². The molecule has 16 heavy (non-hydrogen) atoms. The van der Waals surface area contributed by atoms with Crippen LogP contribution in [-0.4, -0.2) is 13.5 Å². The third-order valence-corrected chi connectivity index (χ3v) is 3.36. The maximum absolute atomic E-state index is 5.76. The molecule has 0 amide bonds. The van der Waals surface area contributed by atoms with Crippen molar-refractivity contribution in [1.82, 2.24) is 0 Å². The molecule has 1 heterocycles. The first-order valence-electron chi connectivity index (χ1n) is 6.65. The first-order chi connectivity index (χ1) is 7.90. The van der Waals surface area contributed by atoms with Crippen molar-refractivity contribution in [3.63, 3.8) is 0 Å². The summed E-state index contributed by atoms with van der Waals surface area (Å²) < 4.78 is 5.76. The molecule has 0 radical (unpaired) electrons. The number of hydrogen-bond donors (Lipinski definition) is 0. The predicted molar refractivity (Wildman–Crippen MR) is 69.5 cm³/mol. The van der Waals surface area contributed by atoms with Crippen LogP contribution in [0.2, 0.25) is 0 Å². The average Bonchev–Trinajstić information content (AvgIpc) is 2.26. The summed E-state index contributed by atoms with van der Waals surface area (Å²) in [5.74, 6) is 0. The predicted octanol–water partition coefficient (Wildman–Crippen LogP) is 3.47. The Kier molecular flexibility index (Phi) is 4.44. The van der Waals surface area contributed by atoms with E-state index in [2.05, 4.69) is 26.0 Å². The molecular formula is C14H21BO. The quantitative estimate of drug-likeness (QED) is 0.634. The van der Waals surface area contributed by atoms with Gasteiger partial charge in [-0.1, -0.05) is 0 Å². The van der Waals surface area contributed by atoms with Gasteiger partial charge in [-0.15, -0.1) is 0 Å². The van der Waals surface area contributed by atoms with Gasteiger partial charge in [0.2, 0.25) is 0 Å². The Morgan fingerprint density at radius 2 is 2.00 bits per heavy atom. The molecule has 0 bridgehead atoms. The first kappa shape index (κ1) is 11.7. The van der Waals surface area contributed by atoms with E-state index in [-0.39, 0.29) is 0 Å². The second-order valence-electron chi connectivity index (χ2n) is 4.69. The van der Waals surface area contributed by atoms with Crippen molar-refractivity contribution in [3.05, 3.63) is 23.2 Å². The minimum absolute atomic E-state index is 0.877. The van der Waals surface area contributed by atoms with E-state index in [0.717, 1.165) is 12.3 Å². The Hall–Kier alpha value is -0.785. The molecular weight excluding hydrogens is 195 g/mol. The molecule has 0 saturated heterocycles. The molecule has 1 aliphatic carbocycles. The first-order valence-corrected chi connectivity index (χ1v) is 6.65. The molecule has 0 unspecified atom stereocenters. The molecule has 0 atom stereocenters. The number of rotatable bonds is 7. The fraction of sp³-hybridized carbons (Fsp3) is 0.643. The Balaban J connectivity index is 1.63. The maximum atomic E-state index is 5.76. The molecule has 2 rings (SSSR count). The molecule has 0 aliphatic heterocycles. The summed E-state index contributed by atoms with van der Waals surface area (Å²) in [7, 11) is 0. The average molecular weight is 216 g/mol. The zero-order valence-corrected chi connectivity index (χ0v) is 10.3. The standard InChI is InChI=1S/C14H21BO/c1-2-3-4-5-6-11-16-14-10-8-12-7-9-13(12)15-14/h8,10H,2-7,9,11H2,1H3. The van der Waals surface area contributed by atoms with Crippen molar-refractivity contribution < 1.29 is 4.74 Å². The molecule has 1 aromatic heterocycles. The molecule has 0 saturated carbocycles. The van der Waals surface area contributed by atoms with E-state index in [1.807, 2.05) is 0 Å². The summed E-state index contributed by atoms with van der Waals surface area (Å²) in [5.41, 5.74) is 4.06. The van der Waals surface area contributed by atoms with Crippen LogP contribution in [0.4, 0.5) is 0 Å². The SMILES string of the molecule is CCCCCCCOc1bc2c(cc1)CC2. The van der Waals surface area contributed by atoms with Gasteiger partial charge in [-0.25, -0.2) is 0 Å². The third-order valence-electron chi connectivity index (χ3n) is 3.36. The Morgan fingerprint density at radius 3 is 2.69 bits per heavy atom. The normalized spacial score (nSPS) is 12.8. The third kappa shape index (κ3) is 3.10. The monoisotopic (exact) mass is 216 g/mol. The van der Waals surface area contributed by atoms with Crippen LogP contribution >= 0.6 is 0 Å². The number of unbranched alkanes of at least 4 members (excludes halogenated alkanes) is 4. The Labute approximate surface area is 99.4 Å². The fourth-order valence-electron chi connectivity index (χ4n) is 2.16. The van der Waals surface area contributed by atoms with Crippen LogP contribution in [-0.2, 0) is 12.8 Å². The minimum atomic E-state index is 0.877. The van der Waals surface area contributed by atoms with Crippen molar-refractivity contribution in [3.8, 4) is 5.64 Å². The van der Waals surface area contributed by atoms with Gasteiger partial charge in [0.1, 0.15) is 0 Å². The summed E-state index contributed by atoms with van der Waals surface area (Å²) in [6.07, 6.45) is 9.01. The topological polar surface area (TPSA) is 9.23 Å². The Bertz CT molecular complexity index is 336. The molecule has 0 spiro atoms. The van der Waals surface area contributed by atoms with E-state index in [9.17, 15) is 0 Å². The van der Waals surface area contributed by atoms with Gasteiger partial charge in [-0.2, -0.15) is 0 Å². The van der Waals surface area contributed by atoms with E-state index in [0.29, 0.717) is 0 Å². The van der Waals surface area contributed by atoms with E-state index in [1.165, 1.54) is 56.0 Å². The summed E-state index contributed by atoms with van der Waals surface area (Å²) in [6.45, 7) is 5.34. The summed E-state index contributed by atoms with van der Waals surface area (Å²) >= 11 is 0. The molecule has 0 fully saturated rings. The second kappa shape index (κ2) is 6.07. The van der Waals surface area contributed by atoms with Crippen LogP contribution < -0.4 is 4.74 Å². The Morgan fingerprint density at radius 1 is 1.12 bits per heavy atom. The number of fused-ring (bicyclic) bond motifs is 1. The van der Waals surface area contributed by atoms with Crippen LogP contribution in [0.25, 0.3) is 0 Å². The van der Waals surface area contributed by atoms with Gasteiger partial charge in [0.15, 0.2) is 0 Å². The van der Waals surface area contributed by atoms with E-state index < -0.39 is 0 Å². The van der Waals surface area contributed by atoms with E-state index >= 15 is 0 Å². The summed E-state index contributed by atoms with van der Waals surface area (Å²) in [4.78, 5) is 0. The van der Waals surface area contributed by atoms with Crippen molar-refractivity contribution >= 4 is 6.91 Å². The van der Waals surface area contributed by atoms with Gasteiger partial charge in [0, 0.05) is 0 Å². The molecule has 0 aromatic carbocycles. The van der Waals surface area contributed by atoms with Gasteiger partial charge in [0.05, 0.1) is 0 Å². The fourth-order valence-corrected chi connectivity index (χ4v) is 2.16. The zero-order chi connectivity index (χ0) is 11.2. The molecule has 0 N–H and O–H groups in total. The van der Waals surface area contributed by atoms with Gasteiger partial charge < -0.3 is 0 Å². The van der Waals surface area contributed by atoms with Crippen molar-refractivity contribution in [2.24, 2.45) is 0 Å². The molecule has 2 heteroatoms. The number of ether oxygens (including phenoxy) is 1. The second-order valence-corrected chi connectivity index (χ2v) is 4.69. The molecule has 1 aliphatic rings. The van der Waals surface area contributed by atoms with Crippen LogP contribution in [0.3, 0.4) is 0 Å². The van der Waals surface area contributed by atoms with Crippen LogP contribution in [0, 0.1) is 0 Å². The molecule has 1 aromatic rings. The van der Waals surface area contributed by atoms with Gasteiger partial charge in [-0.3, -0.25) is 0 Å². The van der Waals surface area contributed by atoms with E-state index in [1.54, 1.807) is 0 Å². The zero-order valence-electron chi connectivity index (χ0n) is 10.3. The van der Waals surface area contributed by atoms with Crippen LogP contribution in [0.1, 0.15) is 50.0 Å². The van der Waals surface area contributed by atoms with Gasteiger partial charge in [-0.05, 0) is 0 Å². The molecule has 1 nitrogen and oxygen atoms in total. The summed E-state index contributed by atoms with van der Waals surface area (Å²) in [6, 6.07) is 4.33. The van der Waals surface area contributed by atoms with Gasteiger partial charge in [0.25, 0.3) is 0 Å². The van der Waals surface area contributed by atoms with Crippen molar-refractivity contribution in [1.29, 1.82) is 0 Å². The number of aryl methyl sites for hydroxylation is 2. The number of hydrogen-bond acceptors (Lipinski definition) is 1. The van der Waals surface area contributed by atoms with Crippen LogP contribution in [0.15, 0.2) is 12.1 Å². The van der Waals surface area contributed by atoms with Crippen molar-refractivity contribution in [2.75, 3.05) is 6.61 Å². The summed E-state index contributed by atoms with van der Waals surface area (Å²) in [5, 5.41) is 0.